The third-order valence-corrected chi connectivity index (χ3v) is 11.7. The van der Waals surface area contributed by atoms with E-state index in [0.717, 1.165) is 71.9 Å². The Morgan fingerprint density at radius 2 is 0.682 bits per heavy atom. The van der Waals surface area contributed by atoms with Gasteiger partial charge in [-0.15, -0.1) is 0 Å². The summed E-state index contributed by atoms with van der Waals surface area (Å²) in [6, 6.07) is 40.7. The SMILES string of the molecule is N#Cc1cc(-n2c3ccc(-c4ncccn4)cc3c3cc(-c4ncccn4)ccc32)c(-n2c3ccc(-c4ncccn4)cc3c3cc(-c4ncccn4)ccc32)cc1-c1cc(F)cc(F)c1. The van der Waals surface area contributed by atoms with Crippen molar-refractivity contribution in [3.8, 4) is 74.1 Å². The van der Waals surface area contributed by atoms with Crippen LogP contribution in [0.15, 0.2) is 177 Å². The average molecular weight is 858 g/mol. The summed E-state index contributed by atoms with van der Waals surface area (Å²) in [6.45, 7) is 0. The van der Waals surface area contributed by atoms with E-state index in [1.54, 1.807) is 79.9 Å². The van der Waals surface area contributed by atoms with Crippen LogP contribution in [-0.4, -0.2) is 49.0 Å². The first kappa shape index (κ1) is 38.3. The fourth-order valence-electron chi connectivity index (χ4n) is 8.89. The van der Waals surface area contributed by atoms with Crippen molar-refractivity contribution >= 4 is 43.6 Å². The minimum absolute atomic E-state index is 0.213. The average Bonchev–Trinajstić information content (AvgIpc) is 3.87. The predicted molar refractivity (Wildman–Crippen MR) is 249 cm³/mol. The Labute approximate surface area is 373 Å². The van der Waals surface area contributed by atoms with Crippen LogP contribution in [0.3, 0.4) is 0 Å². The van der Waals surface area contributed by atoms with Crippen molar-refractivity contribution in [1.82, 2.24) is 49.0 Å². The van der Waals surface area contributed by atoms with Gasteiger partial charge in [-0.25, -0.2) is 48.7 Å². The summed E-state index contributed by atoms with van der Waals surface area (Å²) in [5, 5.41) is 14.5. The molecule has 12 rings (SSSR count). The van der Waals surface area contributed by atoms with E-state index in [2.05, 4.69) is 79.3 Å². The Morgan fingerprint density at radius 1 is 0.364 bits per heavy atom. The van der Waals surface area contributed by atoms with E-state index in [4.69, 9.17) is 0 Å². The van der Waals surface area contributed by atoms with Crippen molar-refractivity contribution in [2.45, 2.75) is 0 Å². The molecule has 13 heteroatoms. The van der Waals surface area contributed by atoms with Crippen LogP contribution in [0.4, 0.5) is 8.78 Å². The molecule has 0 atom stereocenters. The molecule has 0 aliphatic heterocycles. The second-order valence-corrected chi connectivity index (χ2v) is 15.5. The van der Waals surface area contributed by atoms with E-state index < -0.39 is 11.6 Å². The lowest BCUT2D eigenvalue weighted by Crippen LogP contribution is -2.06. The van der Waals surface area contributed by atoms with Gasteiger partial charge in [-0.05, 0) is 127 Å². The van der Waals surface area contributed by atoms with Gasteiger partial charge in [-0.3, -0.25) is 0 Å². The third kappa shape index (κ3) is 6.39. The second-order valence-electron chi connectivity index (χ2n) is 15.5. The molecule has 310 valence electrons. The van der Waals surface area contributed by atoms with Gasteiger partial charge >= 0.3 is 0 Å². The van der Waals surface area contributed by atoms with E-state index in [1.165, 1.54) is 12.1 Å². The predicted octanol–water partition coefficient (Wildman–Crippen LogP) is 11.5. The van der Waals surface area contributed by atoms with E-state index >= 15 is 8.78 Å². The number of nitrogens with zero attached hydrogens (tertiary/aromatic N) is 11. The van der Waals surface area contributed by atoms with Crippen molar-refractivity contribution in [3.05, 3.63) is 194 Å². The van der Waals surface area contributed by atoms with Gasteiger partial charge in [0.25, 0.3) is 0 Å². The fourth-order valence-corrected chi connectivity index (χ4v) is 8.89. The molecule has 0 amide bonds. The number of nitriles is 1. The molecular weight excluding hydrogens is 829 g/mol. The number of fused-ring (bicyclic) bond motifs is 6. The zero-order valence-corrected chi connectivity index (χ0v) is 34.4. The summed E-state index contributed by atoms with van der Waals surface area (Å²) in [5.41, 5.74) is 8.52. The molecular formula is C53H29F2N11. The van der Waals surface area contributed by atoms with E-state index in [0.29, 0.717) is 40.2 Å². The maximum absolute atomic E-state index is 15.1. The molecule has 0 unspecified atom stereocenters. The molecule has 6 aromatic heterocycles. The first-order valence-corrected chi connectivity index (χ1v) is 20.8. The molecule has 0 aliphatic carbocycles. The Morgan fingerprint density at radius 3 is 1.00 bits per heavy atom. The molecule has 0 radical (unpaired) electrons. The van der Waals surface area contributed by atoms with Crippen LogP contribution < -0.4 is 0 Å². The van der Waals surface area contributed by atoms with Crippen LogP contribution in [0.5, 0.6) is 0 Å². The molecule has 6 aromatic carbocycles. The van der Waals surface area contributed by atoms with Gasteiger partial charge in [0.15, 0.2) is 23.3 Å². The number of aromatic nitrogens is 10. The molecule has 0 fully saturated rings. The minimum atomic E-state index is -0.763. The second kappa shape index (κ2) is 15.4. The van der Waals surface area contributed by atoms with Crippen molar-refractivity contribution in [2.24, 2.45) is 0 Å². The summed E-state index contributed by atoms with van der Waals surface area (Å²) in [5.74, 6) is 0.718. The lowest BCUT2D eigenvalue weighted by atomic mass is 9.97. The lowest BCUT2D eigenvalue weighted by molar-refractivity contribution is 0.584. The fraction of sp³-hybridized carbons (Fsp3) is 0. The maximum Gasteiger partial charge on any atom is 0.159 e. The summed E-state index contributed by atoms with van der Waals surface area (Å²) in [7, 11) is 0. The van der Waals surface area contributed by atoms with E-state index in [9.17, 15) is 5.26 Å². The van der Waals surface area contributed by atoms with Crippen LogP contribution in [0.25, 0.3) is 112 Å². The Bertz CT molecular complexity index is 3690. The van der Waals surface area contributed by atoms with Crippen LogP contribution in [0.2, 0.25) is 0 Å². The van der Waals surface area contributed by atoms with Gasteiger partial charge in [0, 0.05) is 105 Å². The van der Waals surface area contributed by atoms with Crippen LogP contribution in [0, 0.1) is 23.0 Å². The summed E-state index contributed by atoms with van der Waals surface area (Å²) < 4.78 is 34.4. The Balaban J connectivity index is 1.21. The van der Waals surface area contributed by atoms with Crippen molar-refractivity contribution in [1.29, 1.82) is 5.26 Å². The summed E-state index contributed by atoms with van der Waals surface area (Å²) in [6.07, 6.45) is 13.7. The standard InChI is InChI=1S/C53H29F2N11/c54-37-21-35(22-38(55)28-37)39-29-49(66-46-11-7-33(52-61-17-3-18-62-52)25-42(46)43-26-34(8-12-47(43)66)53-63-19-4-20-64-53)48(27-36(39)30-56)65-44-9-5-31(50-57-13-1-14-58-50)23-40(44)41-24-32(6-10-45(41)65)51-59-15-2-16-60-51/h1-29H. The molecule has 12 aromatic rings. The molecule has 0 N–H and O–H groups in total. The highest BCUT2D eigenvalue weighted by Gasteiger charge is 2.24. The first-order valence-electron chi connectivity index (χ1n) is 20.8. The maximum atomic E-state index is 15.1. The number of benzene rings is 6. The van der Waals surface area contributed by atoms with Crippen LogP contribution in [0.1, 0.15) is 5.56 Å². The van der Waals surface area contributed by atoms with E-state index in [-0.39, 0.29) is 11.1 Å². The van der Waals surface area contributed by atoms with Gasteiger partial charge in [0.05, 0.1) is 45.1 Å². The minimum Gasteiger partial charge on any atom is -0.307 e. The zero-order chi connectivity index (χ0) is 44.3. The third-order valence-electron chi connectivity index (χ3n) is 11.7. The molecule has 11 nitrogen and oxygen atoms in total. The van der Waals surface area contributed by atoms with E-state index in [1.807, 2.05) is 54.6 Å². The van der Waals surface area contributed by atoms with Crippen molar-refractivity contribution < 1.29 is 8.78 Å². The highest BCUT2D eigenvalue weighted by atomic mass is 19.1. The van der Waals surface area contributed by atoms with Crippen molar-refractivity contribution in [3.63, 3.8) is 0 Å². The van der Waals surface area contributed by atoms with Gasteiger partial charge in [0.1, 0.15) is 11.6 Å². The molecule has 0 spiro atoms. The van der Waals surface area contributed by atoms with Gasteiger partial charge in [-0.2, -0.15) is 5.26 Å². The quantitative estimate of drug-likeness (QED) is 0.153. The topological polar surface area (TPSA) is 137 Å². The smallest absolute Gasteiger partial charge is 0.159 e. The van der Waals surface area contributed by atoms with Gasteiger partial charge < -0.3 is 9.13 Å². The highest BCUT2D eigenvalue weighted by molar-refractivity contribution is 6.14. The number of halogens is 2. The zero-order valence-electron chi connectivity index (χ0n) is 34.4. The van der Waals surface area contributed by atoms with Gasteiger partial charge in [-0.1, -0.05) is 0 Å². The van der Waals surface area contributed by atoms with Crippen molar-refractivity contribution in [2.75, 3.05) is 0 Å². The monoisotopic (exact) mass is 857 g/mol. The molecule has 0 saturated heterocycles. The summed E-state index contributed by atoms with van der Waals surface area (Å²) >= 11 is 0. The lowest BCUT2D eigenvalue weighted by Gasteiger charge is -2.20. The molecule has 0 saturated carbocycles. The first-order chi connectivity index (χ1) is 32.5. The van der Waals surface area contributed by atoms with Crippen LogP contribution >= 0.6 is 0 Å². The molecule has 0 bridgehead atoms. The summed E-state index contributed by atoms with van der Waals surface area (Å²) in [4.78, 5) is 36.4. The molecule has 0 aliphatic rings. The number of rotatable bonds is 7. The molecule has 66 heavy (non-hydrogen) atoms. The Hall–Kier alpha value is -9.41. The number of hydrogen-bond donors (Lipinski definition) is 0. The van der Waals surface area contributed by atoms with Gasteiger partial charge in [0.2, 0.25) is 0 Å². The largest absolute Gasteiger partial charge is 0.307 e. The Kier molecular flexibility index (Phi) is 8.95. The normalized spacial score (nSPS) is 11.5. The number of hydrogen-bond acceptors (Lipinski definition) is 9. The molecule has 6 heterocycles. The highest BCUT2D eigenvalue weighted by Crippen LogP contribution is 2.43. The van der Waals surface area contributed by atoms with Crippen LogP contribution in [-0.2, 0) is 0 Å².